The smallest absolute Gasteiger partial charge is 0.152 e. The van der Waals surface area contributed by atoms with E-state index in [1.807, 2.05) is 6.07 Å². The van der Waals surface area contributed by atoms with Gasteiger partial charge in [-0.05, 0) is 31.5 Å². The number of nitrogens with zero attached hydrogens (tertiary/aromatic N) is 3. The second-order valence-electron chi connectivity index (χ2n) is 5.51. The zero-order valence-corrected chi connectivity index (χ0v) is 12.9. The number of anilines is 1. The zero-order valence-electron chi connectivity index (χ0n) is 12.9. The molecule has 0 spiro atoms. The summed E-state index contributed by atoms with van der Waals surface area (Å²) < 4.78 is 7.47. The van der Waals surface area contributed by atoms with Gasteiger partial charge in [0.2, 0.25) is 0 Å². The molecule has 0 aliphatic heterocycles. The molecule has 0 aromatic carbocycles. The third kappa shape index (κ3) is 3.04. The first-order valence-electron chi connectivity index (χ1n) is 7.77. The van der Waals surface area contributed by atoms with Gasteiger partial charge >= 0.3 is 0 Å². The Morgan fingerprint density at radius 1 is 1.43 bits per heavy atom. The lowest BCUT2D eigenvalue weighted by Crippen LogP contribution is -2.31. The largest absolute Gasteiger partial charge is 0.383 e. The van der Waals surface area contributed by atoms with Crippen molar-refractivity contribution in [1.29, 1.82) is 0 Å². The van der Waals surface area contributed by atoms with Gasteiger partial charge in [0.1, 0.15) is 5.65 Å². The molecule has 114 valence electrons. The maximum absolute atomic E-state index is 5.27. The summed E-state index contributed by atoms with van der Waals surface area (Å²) in [6, 6.07) is 6.80. The van der Waals surface area contributed by atoms with Crippen molar-refractivity contribution in [2.75, 3.05) is 31.7 Å². The van der Waals surface area contributed by atoms with Crippen LogP contribution in [0.2, 0.25) is 0 Å². The Bertz CT molecular complexity index is 591. The fourth-order valence-electron chi connectivity index (χ4n) is 2.71. The summed E-state index contributed by atoms with van der Waals surface area (Å²) in [4.78, 5) is 7.29. The van der Waals surface area contributed by atoms with Gasteiger partial charge in [-0.25, -0.2) is 4.98 Å². The van der Waals surface area contributed by atoms with E-state index >= 15 is 0 Å². The van der Waals surface area contributed by atoms with Crippen molar-refractivity contribution in [1.82, 2.24) is 14.7 Å². The number of ether oxygens (including phenoxy) is 1. The number of imidazole rings is 1. The van der Waals surface area contributed by atoms with Crippen LogP contribution in [0.5, 0.6) is 0 Å². The van der Waals surface area contributed by atoms with Crippen LogP contribution in [-0.4, -0.2) is 42.2 Å². The van der Waals surface area contributed by atoms with Crippen LogP contribution in [0.25, 0.3) is 5.65 Å². The zero-order chi connectivity index (χ0) is 14.7. The molecule has 1 fully saturated rings. The number of rotatable bonds is 8. The average molecular weight is 288 g/mol. The molecule has 1 saturated carbocycles. The summed E-state index contributed by atoms with van der Waals surface area (Å²) in [5.41, 5.74) is 2.26. The van der Waals surface area contributed by atoms with Gasteiger partial charge < -0.3 is 19.4 Å². The predicted octanol–water partition coefficient (Wildman–Crippen LogP) is 2.06. The number of hydrogen-bond donors (Lipinski definition) is 1. The molecule has 0 bridgehead atoms. The van der Waals surface area contributed by atoms with Gasteiger partial charge in [-0.1, -0.05) is 13.0 Å². The van der Waals surface area contributed by atoms with Crippen molar-refractivity contribution < 1.29 is 4.74 Å². The first-order chi connectivity index (χ1) is 10.3. The van der Waals surface area contributed by atoms with Gasteiger partial charge in [-0.2, -0.15) is 0 Å². The van der Waals surface area contributed by atoms with Gasteiger partial charge in [-0.15, -0.1) is 0 Å². The molecule has 1 aliphatic carbocycles. The molecule has 5 heteroatoms. The molecule has 0 atom stereocenters. The van der Waals surface area contributed by atoms with Crippen LogP contribution in [0.1, 0.15) is 25.5 Å². The number of methoxy groups -OCH3 is 1. The first-order valence-corrected chi connectivity index (χ1v) is 7.77. The van der Waals surface area contributed by atoms with E-state index in [0.29, 0.717) is 6.04 Å². The summed E-state index contributed by atoms with van der Waals surface area (Å²) in [7, 11) is 1.76. The Hall–Kier alpha value is -1.59. The van der Waals surface area contributed by atoms with Crippen molar-refractivity contribution in [3.05, 3.63) is 30.1 Å². The van der Waals surface area contributed by atoms with E-state index < -0.39 is 0 Å². The minimum Gasteiger partial charge on any atom is -0.383 e. The summed E-state index contributed by atoms with van der Waals surface area (Å²) in [6.45, 7) is 5.58. The van der Waals surface area contributed by atoms with Gasteiger partial charge in [0, 0.05) is 32.4 Å². The molecular formula is C16H24N4O. The Kier molecular flexibility index (Phi) is 4.41. The van der Waals surface area contributed by atoms with Crippen molar-refractivity contribution in [3.63, 3.8) is 0 Å². The highest BCUT2D eigenvalue weighted by atomic mass is 16.5. The highest BCUT2D eigenvalue weighted by Gasteiger charge is 2.32. The van der Waals surface area contributed by atoms with Crippen molar-refractivity contribution in [3.8, 4) is 0 Å². The quantitative estimate of drug-likeness (QED) is 0.807. The van der Waals surface area contributed by atoms with Crippen LogP contribution in [0.3, 0.4) is 0 Å². The topological polar surface area (TPSA) is 41.8 Å². The number of fused-ring (bicyclic) bond motifs is 1. The van der Waals surface area contributed by atoms with E-state index in [0.717, 1.165) is 37.7 Å². The lowest BCUT2D eigenvalue weighted by atomic mass is 10.3. The van der Waals surface area contributed by atoms with Crippen LogP contribution in [0.15, 0.2) is 24.4 Å². The maximum atomic E-state index is 5.27. The SMILES string of the molecule is CCNCc1c(N(CCOC)C2CC2)nc2ccccn12. The van der Waals surface area contributed by atoms with E-state index in [4.69, 9.17) is 9.72 Å². The Balaban J connectivity index is 1.97. The molecule has 21 heavy (non-hydrogen) atoms. The second-order valence-corrected chi connectivity index (χ2v) is 5.51. The fourth-order valence-corrected chi connectivity index (χ4v) is 2.71. The predicted molar refractivity (Wildman–Crippen MR) is 84.8 cm³/mol. The first kappa shape index (κ1) is 14.4. The molecule has 0 unspecified atom stereocenters. The van der Waals surface area contributed by atoms with Gasteiger partial charge in [0.25, 0.3) is 0 Å². The van der Waals surface area contributed by atoms with Gasteiger partial charge in [0.15, 0.2) is 5.82 Å². The molecule has 1 aliphatic rings. The van der Waals surface area contributed by atoms with Gasteiger partial charge in [-0.3, -0.25) is 0 Å². The monoisotopic (exact) mass is 288 g/mol. The Morgan fingerprint density at radius 2 is 2.29 bits per heavy atom. The Labute approximate surface area is 125 Å². The molecule has 0 radical (unpaired) electrons. The van der Waals surface area contributed by atoms with Crippen LogP contribution < -0.4 is 10.2 Å². The molecule has 2 heterocycles. The minimum atomic E-state index is 0.630. The highest BCUT2D eigenvalue weighted by Crippen LogP contribution is 2.33. The normalized spacial score (nSPS) is 14.8. The van der Waals surface area contributed by atoms with Gasteiger partial charge in [0.05, 0.1) is 12.3 Å². The molecule has 5 nitrogen and oxygen atoms in total. The number of nitrogens with one attached hydrogen (secondary N) is 1. The molecule has 2 aromatic heterocycles. The highest BCUT2D eigenvalue weighted by molar-refractivity contribution is 5.57. The fraction of sp³-hybridized carbons (Fsp3) is 0.562. The van der Waals surface area contributed by atoms with Crippen LogP contribution in [-0.2, 0) is 11.3 Å². The van der Waals surface area contributed by atoms with Crippen LogP contribution in [0, 0.1) is 0 Å². The summed E-state index contributed by atoms with van der Waals surface area (Å²) >= 11 is 0. The third-order valence-electron chi connectivity index (χ3n) is 3.95. The number of pyridine rings is 1. The summed E-state index contributed by atoms with van der Waals surface area (Å²) in [5.74, 6) is 1.11. The molecular weight excluding hydrogens is 264 g/mol. The van der Waals surface area contributed by atoms with Crippen LogP contribution >= 0.6 is 0 Å². The second kappa shape index (κ2) is 6.45. The van der Waals surface area contributed by atoms with E-state index in [1.54, 1.807) is 7.11 Å². The Morgan fingerprint density at radius 3 is 3.00 bits per heavy atom. The lowest BCUT2D eigenvalue weighted by molar-refractivity contribution is 0.204. The van der Waals surface area contributed by atoms with E-state index in [2.05, 4.69) is 39.9 Å². The average Bonchev–Trinajstić information content (AvgIpc) is 3.28. The van der Waals surface area contributed by atoms with E-state index in [1.165, 1.54) is 18.5 Å². The molecule has 1 N–H and O–H groups in total. The van der Waals surface area contributed by atoms with Crippen molar-refractivity contribution in [2.45, 2.75) is 32.4 Å². The number of aromatic nitrogens is 2. The third-order valence-corrected chi connectivity index (χ3v) is 3.95. The lowest BCUT2D eigenvalue weighted by Gasteiger charge is -2.23. The van der Waals surface area contributed by atoms with Crippen LogP contribution in [0.4, 0.5) is 5.82 Å². The van der Waals surface area contributed by atoms with E-state index in [-0.39, 0.29) is 0 Å². The van der Waals surface area contributed by atoms with E-state index in [9.17, 15) is 0 Å². The van der Waals surface area contributed by atoms with Crippen molar-refractivity contribution >= 4 is 11.5 Å². The molecule has 3 rings (SSSR count). The molecule has 0 saturated heterocycles. The maximum Gasteiger partial charge on any atom is 0.152 e. The molecule has 0 amide bonds. The summed E-state index contributed by atoms with van der Waals surface area (Å²) in [5, 5.41) is 3.43. The van der Waals surface area contributed by atoms with Crippen molar-refractivity contribution in [2.24, 2.45) is 0 Å². The number of hydrogen-bond acceptors (Lipinski definition) is 4. The standard InChI is InChI=1S/C16H24N4O/c1-3-17-12-14-16(18-15-6-4-5-9-20(14)15)19(10-11-21-2)13-7-8-13/h4-6,9,13,17H,3,7-8,10-12H2,1-2H3. The molecule has 2 aromatic rings. The summed E-state index contributed by atoms with van der Waals surface area (Å²) in [6.07, 6.45) is 4.62. The minimum absolute atomic E-state index is 0.630.